The molecule has 0 aliphatic carbocycles. The van der Waals surface area contributed by atoms with Gasteiger partial charge in [-0.15, -0.1) is 0 Å². The third-order valence-electron chi connectivity index (χ3n) is 1.70. The summed E-state index contributed by atoms with van der Waals surface area (Å²) in [6.45, 7) is 4.88. The van der Waals surface area contributed by atoms with Crippen LogP contribution in [0.25, 0.3) is 0 Å². The van der Waals surface area contributed by atoms with E-state index < -0.39 is 0 Å². The average Bonchev–Trinajstić information content (AvgIpc) is 1.85. The van der Waals surface area contributed by atoms with Crippen molar-refractivity contribution in [2.24, 2.45) is 5.92 Å². The zero-order chi connectivity index (χ0) is 6.15. The zero-order valence-corrected chi connectivity index (χ0v) is 7.55. The van der Waals surface area contributed by atoms with Gasteiger partial charge in [-0.05, 0) is 13.0 Å². The number of alkyl halides is 1. The van der Waals surface area contributed by atoms with Gasteiger partial charge in [0.15, 0.2) is 0 Å². The number of hydrogen-bond acceptors (Lipinski definition) is 1. The second kappa shape index (κ2) is 2.52. The Morgan fingerprint density at radius 3 is 2.25 bits per heavy atom. The third kappa shape index (κ3) is 1.35. The molecule has 1 rings (SSSR count). The highest BCUT2D eigenvalue weighted by Crippen LogP contribution is 2.21. The molecule has 0 aromatic carbocycles. The highest BCUT2D eigenvalue weighted by atomic mass is 127. The quantitative estimate of drug-likeness (QED) is 0.444. The topological polar surface area (TPSA) is 3.24 Å². The van der Waals surface area contributed by atoms with Crippen LogP contribution < -0.4 is 0 Å². The van der Waals surface area contributed by atoms with Gasteiger partial charge in [-0.3, -0.25) is 0 Å². The normalized spacial score (nSPS) is 40.9. The molecule has 0 aromatic rings. The van der Waals surface area contributed by atoms with Gasteiger partial charge in [-0.1, -0.05) is 29.5 Å². The van der Waals surface area contributed by atoms with Crippen LogP contribution in [0.5, 0.6) is 0 Å². The lowest BCUT2D eigenvalue weighted by Crippen LogP contribution is -2.13. The number of hydrogen-bond donors (Lipinski definition) is 0. The van der Waals surface area contributed by atoms with Crippen molar-refractivity contribution in [3.05, 3.63) is 0 Å². The fraction of sp³-hybridized carbons (Fsp3) is 1.00. The molecule has 0 radical (unpaired) electrons. The summed E-state index contributed by atoms with van der Waals surface area (Å²) in [7, 11) is 2.19. The van der Waals surface area contributed by atoms with Crippen LogP contribution >= 0.6 is 22.6 Å². The summed E-state index contributed by atoms with van der Waals surface area (Å²) in [4.78, 5) is 2.39. The molecule has 0 spiro atoms. The lowest BCUT2D eigenvalue weighted by atomic mass is 10.2. The summed E-state index contributed by atoms with van der Waals surface area (Å²) >= 11 is 2.53. The van der Waals surface area contributed by atoms with Gasteiger partial charge in [0.05, 0.1) is 0 Å². The molecule has 0 saturated carbocycles. The molecular formula is C6H12IN. The molecule has 1 heterocycles. The van der Waals surface area contributed by atoms with Crippen LogP contribution in [0.3, 0.4) is 0 Å². The van der Waals surface area contributed by atoms with E-state index in [1.54, 1.807) is 0 Å². The number of halogens is 1. The predicted molar refractivity (Wildman–Crippen MR) is 44.5 cm³/mol. The number of likely N-dealkylation sites (tertiary alicyclic amines) is 1. The van der Waals surface area contributed by atoms with Crippen LogP contribution in [0.4, 0.5) is 0 Å². The van der Waals surface area contributed by atoms with Crippen LogP contribution in [0.15, 0.2) is 0 Å². The Balaban J connectivity index is 2.39. The fourth-order valence-corrected chi connectivity index (χ4v) is 2.06. The number of rotatable bonds is 0. The van der Waals surface area contributed by atoms with Gasteiger partial charge in [0.2, 0.25) is 0 Å². The molecule has 1 aliphatic heterocycles. The molecule has 0 amide bonds. The van der Waals surface area contributed by atoms with E-state index in [2.05, 4.69) is 41.5 Å². The van der Waals surface area contributed by atoms with Crippen molar-refractivity contribution >= 4 is 22.6 Å². The first-order valence-corrected chi connectivity index (χ1v) is 4.27. The zero-order valence-electron chi connectivity index (χ0n) is 5.39. The first-order chi connectivity index (χ1) is 3.70. The van der Waals surface area contributed by atoms with Crippen molar-refractivity contribution in [1.82, 2.24) is 4.90 Å². The first-order valence-electron chi connectivity index (χ1n) is 3.03. The van der Waals surface area contributed by atoms with E-state index in [0.717, 1.165) is 9.84 Å². The molecule has 0 bridgehead atoms. The molecule has 1 unspecified atom stereocenters. The van der Waals surface area contributed by atoms with Crippen LogP contribution in [-0.2, 0) is 0 Å². The Bertz CT molecular complexity index is 74.6. The maximum atomic E-state index is 2.53. The minimum Gasteiger partial charge on any atom is -0.305 e. The molecule has 8 heavy (non-hydrogen) atoms. The van der Waals surface area contributed by atoms with Crippen LogP contribution in [0, 0.1) is 5.92 Å². The Labute approximate surface area is 64.6 Å². The maximum Gasteiger partial charge on any atom is 0.0275 e. The minimum atomic E-state index is 0.887. The highest BCUT2D eigenvalue weighted by molar-refractivity contribution is 14.1. The monoisotopic (exact) mass is 225 g/mol. The Hall–Kier alpha value is 0.690. The Morgan fingerprint density at radius 1 is 1.50 bits per heavy atom. The summed E-state index contributed by atoms with van der Waals surface area (Å²) in [5.74, 6) is 0.903. The molecule has 1 aliphatic rings. The van der Waals surface area contributed by atoms with Gasteiger partial charge < -0.3 is 4.90 Å². The summed E-state index contributed by atoms with van der Waals surface area (Å²) in [5.41, 5.74) is 0. The molecule has 0 N–H and O–H groups in total. The van der Waals surface area contributed by atoms with Gasteiger partial charge in [-0.2, -0.15) is 0 Å². The lowest BCUT2D eigenvalue weighted by Gasteiger charge is -2.03. The van der Waals surface area contributed by atoms with E-state index in [1.807, 2.05) is 0 Å². The van der Waals surface area contributed by atoms with Crippen molar-refractivity contribution < 1.29 is 0 Å². The summed E-state index contributed by atoms with van der Waals surface area (Å²) in [6.07, 6.45) is 0. The van der Waals surface area contributed by atoms with Gasteiger partial charge in [0, 0.05) is 17.0 Å². The molecule has 1 saturated heterocycles. The number of nitrogens with zero attached hydrogens (tertiary/aromatic N) is 1. The summed E-state index contributed by atoms with van der Waals surface area (Å²) in [6, 6.07) is 0. The van der Waals surface area contributed by atoms with Crippen LogP contribution in [0.2, 0.25) is 0 Å². The van der Waals surface area contributed by atoms with Gasteiger partial charge in [0.25, 0.3) is 0 Å². The van der Waals surface area contributed by atoms with E-state index in [0.29, 0.717) is 0 Å². The smallest absolute Gasteiger partial charge is 0.0275 e. The van der Waals surface area contributed by atoms with Crippen molar-refractivity contribution in [3.8, 4) is 0 Å². The molecule has 2 atom stereocenters. The van der Waals surface area contributed by atoms with Gasteiger partial charge in [-0.25, -0.2) is 0 Å². The summed E-state index contributed by atoms with van der Waals surface area (Å²) in [5, 5.41) is 0. The Kier molecular flexibility index (Phi) is 2.14. The van der Waals surface area contributed by atoms with Crippen LogP contribution in [0.1, 0.15) is 6.92 Å². The molecule has 1 nitrogen and oxygen atoms in total. The molecule has 2 heteroatoms. The minimum absolute atomic E-state index is 0.887. The predicted octanol–water partition coefficient (Wildman–Crippen LogP) is 1.37. The van der Waals surface area contributed by atoms with E-state index in [-0.39, 0.29) is 0 Å². The van der Waals surface area contributed by atoms with E-state index in [4.69, 9.17) is 0 Å². The van der Waals surface area contributed by atoms with Crippen LogP contribution in [-0.4, -0.2) is 29.0 Å². The van der Waals surface area contributed by atoms with E-state index >= 15 is 0 Å². The second-order valence-corrected chi connectivity index (χ2v) is 4.31. The van der Waals surface area contributed by atoms with Crippen molar-refractivity contribution in [3.63, 3.8) is 0 Å². The largest absolute Gasteiger partial charge is 0.305 e. The third-order valence-corrected chi connectivity index (χ3v) is 3.32. The van der Waals surface area contributed by atoms with E-state index in [9.17, 15) is 0 Å². The standard InChI is InChI=1S/C6H12IN/c1-5-3-8(2)4-6(5)7/h5-6H,3-4H2,1-2H3/t5-,6?/m0/s1. The summed E-state index contributed by atoms with van der Waals surface area (Å²) < 4.78 is 0.887. The average molecular weight is 225 g/mol. The lowest BCUT2D eigenvalue weighted by molar-refractivity contribution is 0.402. The van der Waals surface area contributed by atoms with E-state index in [1.165, 1.54) is 13.1 Å². The fourth-order valence-electron chi connectivity index (χ4n) is 1.16. The molecule has 1 fully saturated rings. The Morgan fingerprint density at radius 2 is 2.12 bits per heavy atom. The van der Waals surface area contributed by atoms with Crippen molar-refractivity contribution in [1.29, 1.82) is 0 Å². The second-order valence-electron chi connectivity index (χ2n) is 2.71. The molecule has 48 valence electrons. The molecular weight excluding hydrogens is 213 g/mol. The highest BCUT2D eigenvalue weighted by Gasteiger charge is 2.23. The SMILES string of the molecule is C[C@H]1CN(C)CC1I. The van der Waals surface area contributed by atoms with Crippen molar-refractivity contribution in [2.75, 3.05) is 20.1 Å². The first kappa shape index (κ1) is 6.81. The van der Waals surface area contributed by atoms with Crippen molar-refractivity contribution in [2.45, 2.75) is 10.8 Å². The maximum absolute atomic E-state index is 2.53. The van der Waals surface area contributed by atoms with Gasteiger partial charge in [0.1, 0.15) is 0 Å². The van der Waals surface area contributed by atoms with Gasteiger partial charge >= 0.3 is 0 Å². The molecule has 0 aromatic heterocycles.